The predicted molar refractivity (Wildman–Crippen MR) is 50.7 cm³/mol. The van der Waals surface area contributed by atoms with E-state index >= 15 is 0 Å². The topological polar surface area (TPSA) is 35.5 Å². The highest BCUT2D eigenvalue weighted by molar-refractivity contribution is 5.64. The fourth-order valence-electron chi connectivity index (χ4n) is 1.55. The summed E-state index contributed by atoms with van der Waals surface area (Å²) < 4.78 is 35.7. The predicted octanol–water partition coefficient (Wildman–Crippen LogP) is 2.51. The molecule has 84 valence electrons. The lowest BCUT2D eigenvalue weighted by Gasteiger charge is -2.21. The Morgan fingerprint density at radius 3 is 2.69 bits per heavy atom. The van der Waals surface area contributed by atoms with Crippen LogP contribution in [-0.4, -0.2) is 12.8 Å². The number of carbonyl (C=O) groups excluding carboxylic acids is 1. The van der Waals surface area contributed by atoms with Gasteiger partial charge in [-0.1, -0.05) is 6.58 Å². The fraction of sp³-hybridized carbons (Fsp3) is 0.182. The van der Waals surface area contributed by atoms with Crippen LogP contribution in [0.25, 0.3) is 0 Å². The average Bonchev–Trinajstić information content (AvgIpc) is 2.61. The summed E-state index contributed by atoms with van der Waals surface area (Å²) in [6, 6.07) is 3.00. The minimum atomic E-state index is -1.37. The van der Waals surface area contributed by atoms with Crippen LogP contribution in [0.15, 0.2) is 30.9 Å². The van der Waals surface area contributed by atoms with E-state index in [0.717, 1.165) is 6.07 Å². The maximum atomic E-state index is 13.5. The summed E-state index contributed by atoms with van der Waals surface area (Å²) in [6.45, 7) is 3.30. The molecule has 0 amide bonds. The summed E-state index contributed by atoms with van der Waals surface area (Å²) in [5, 5.41) is 0. The molecule has 1 aliphatic heterocycles. The lowest BCUT2D eigenvalue weighted by atomic mass is 9.94. The molecule has 0 aliphatic carbocycles. The molecule has 1 aliphatic rings. The van der Waals surface area contributed by atoms with Crippen LogP contribution in [0.3, 0.4) is 0 Å². The third-order valence-electron chi connectivity index (χ3n) is 2.39. The van der Waals surface area contributed by atoms with Gasteiger partial charge in [-0.3, -0.25) is 0 Å². The van der Waals surface area contributed by atoms with E-state index in [4.69, 9.17) is 4.74 Å². The molecule has 1 fully saturated rings. The quantitative estimate of drug-likeness (QED) is 0.574. The van der Waals surface area contributed by atoms with Crippen LogP contribution in [-0.2, 0) is 15.1 Å². The number of benzene rings is 1. The van der Waals surface area contributed by atoms with E-state index in [-0.39, 0.29) is 12.2 Å². The monoisotopic (exact) mass is 226 g/mol. The molecule has 16 heavy (non-hydrogen) atoms. The summed E-state index contributed by atoms with van der Waals surface area (Å²) in [5.41, 5.74) is -1.34. The van der Waals surface area contributed by atoms with Crippen LogP contribution in [0, 0.1) is 11.6 Å². The van der Waals surface area contributed by atoms with Gasteiger partial charge in [0.15, 0.2) is 5.60 Å². The molecule has 0 spiro atoms. The minimum Gasteiger partial charge on any atom is -0.429 e. The standard InChI is InChI=1S/C11H8F2O3/c1-2-11(6-15-10(14)16-11)8-4-3-7(12)5-9(8)13/h2-5H,1,6H2. The van der Waals surface area contributed by atoms with Gasteiger partial charge in [0.1, 0.15) is 18.2 Å². The molecule has 0 bridgehead atoms. The highest BCUT2D eigenvalue weighted by Gasteiger charge is 2.43. The van der Waals surface area contributed by atoms with E-state index in [1.807, 2.05) is 0 Å². The highest BCUT2D eigenvalue weighted by atomic mass is 19.1. The fourth-order valence-corrected chi connectivity index (χ4v) is 1.55. The van der Waals surface area contributed by atoms with Gasteiger partial charge in [0.25, 0.3) is 0 Å². The molecule has 5 heteroatoms. The Kier molecular flexibility index (Phi) is 2.38. The maximum Gasteiger partial charge on any atom is 0.509 e. The SMILES string of the molecule is C=CC1(c2ccc(F)cc2F)COC(=O)O1. The molecule has 1 aromatic carbocycles. The molecule has 1 saturated heterocycles. The number of hydrogen-bond acceptors (Lipinski definition) is 3. The van der Waals surface area contributed by atoms with Crippen molar-refractivity contribution >= 4 is 6.16 Å². The lowest BCUT2D eigenvalue weighted by Crippen LogP contribution is -2.27. The second-order valence-corrected chi connectivity index (χ2v) is 3.36. The van der Waals surface area contributed by atoms with Gasteiger partial charge in [-0.25, -0.2) is 13.6 Å². The van der Waals surface area contributed by atoms with Crippen LogP contribution >= 0.6 is 0 Å². The number of hydrogen-bond donors (Lipinski definition) is 0. The number of ether oxygens (including phenoxy) is 2. The molecular formula is C11H8F2O3. The van der Waals surface area contributed by atoms with Gasteiger partial charge < -0.3 is 9.47 Å². The van der Waals surface area contributed by atoms with E-state index in [1.54, 1.807) is 0 Å². The van der Waals surface area contributed by atoms with Gasteiger partial charge in [0, 0.05) is 11.6 Å². The van der Waals surface area contributed by atoms with Crippen LogP contribution in [0.5, 0.6) is 0 Å². The minimum absolute atomic E-state index is 0.0229. The van der Waals surface area contributed by atoms with E-state index in [2.05, 4.69) is 11.3 Å². The van der Waals surface area contributed by atoms with Crippen molar-refractivity contribution in [3.8, 4) is 0 Å². The van der Waals surface area contributed by atoms with E-state index in [9.17, 15) is 13.6 Å². The van der Waals surface area contributed by atoms with E-state index in [0.29, 0.717) is 6.07 Å². The van der Waals surface area contributed by atoms with Gasteiger partial charge in [0.2, 0.25) is 0 Å². The zero-order chi connectivity index (χ0) is 11.8. The Balaban J connectivity index is 2.49. The van der Waals surface area contributed by atoms with Crippen molar-refractivity contribution in [2.24, 2.45) is 0 Å². The van der Waals surface area contributed by atoms with E-state index in [1.165, 1.54) is 12.1 Å². The summed E-state index contributed by atoms with van der Waals surface area (Å²) in [4.78, 5) is 10.9. The summed E-state index contributed by atoms with van der Waals surface area (Å²) in [5.74, 6) is -1.51. The second-order valence-electron chi connectivity index (χ2n) is 3.36. The molecular weight excluding hydrogens is 218 g/mol. The number of rotatable bonds is 2. The summed E-state index contributed by atoms with van der Waals surface area (Å²) in [6.07, 6.45) is 0.359. The molecule has 0 radical (unpaired) electrons. The van der Waals surface area contributed by atoms with Crippen molar-refractivity contribution in [1.82, 2.24) is 0 Å². The van der Waals surface area contributed by atoms with Crippen molar-refractivity contribution in [2.45, 2.75) is 5.60 Å². The number of carbonyl (C=O) groups is 1. The molecule has 1 heterocycles. The molecule has 0 aromatic heterocycles. The van der Waals surface area contributed by atoms with Crippen molar-refractivity contribution in [2.75, 3.05) is 6.61 Å². The van der Waals surface area contributed by atoms with Gasteiger partial charge in [0.05, 0.1) is 0 Å². The Hall–Kier alpha value is -1.91. The van der Waals surface area contributed by atoms with Gasteiger partial charge >= 0.3 is 6.16 Å². The second kappa shape index (κ2) is 3.59. The molecule has 0 N–H and O–H groups in total. The first-order chi connectivity index (χ1) is 7.57. The first-order valence-corrected chi connectivity index (χ1v) is 4.52. The van der Waals surface area contributed by atoms with Crippen LogP contribution in [0.2, 0.25) is 0 Å². The van der Waals surface area contributed by atoms with Gasteiger partial charge in [-0.2, -0.15) is 0 Å². The third kappa shape index (κ3) is 1.54. The molecule has 0 saturated carbocycles. The average molecular weight is 226 g/mol. The Bertz CT molecular complexity index is 459. The Morgan fingerprint density at radius 2 is 2.19 bits per heavy atom. The first-order valence-electron chi connectivity index (χ1n) is 4.52. The van der Waals surface area contributed by atoms with Gasteiger partial charge in [-0.15, -0.1) is 0 Å². The molecule has 1 aromatic rings. The first kappa shape index (κ1) is 10.6. The lowest BCUT2D eigenvalue weighted by molar-refractivity contribution is 0.0866. The highest BCUT2D eigenvalue weighted by Crippen LogP contribution is 2.34. The summed E-state index contributed by atoms with van der Waals surface area (Å²) in [7, 11) is 0. The largest absolute Gasteiger partial charge is 0.509 e. The molecule has 3 nitrogen and oxygen atoms in total. The molecule has 2 rings (SSSR count). The molecule has 1 unspecified atom stereocenters. The third-order valence-corrected chi connectivity index (χ3v) is 2.39. The maximum absolute atomic E-state index is 13.5. The zero-order valence-corrected chi connectivity index (χ0v) is 8.20. The Morgan fingerprint density at radius 1 is 1.44 bits per heavy atom. The van der Waals surface area contributed by atoms with E-state index < -0.39 is 23.4 Å². The van der Waals surface area contributed by atoms with Crippen molar-refractivity contribution in [3.05, 3.63) is 48.1 Å². The van der Waals surface area contributed by atoms with Crippen molar-refractivity contribution in [1.29, 1.82) is 0 Å². The Labute approximate surface area is 90.3 Å². The molecule has 1 atom stereocenters. The van der Waals surface area contributed by atoms with Gasteiger partial charge in [-0.05, 0) is 18.2 Å². The number of cyclic esters (lactones) is 2. The smallest absolute Gasteiger partial charge is 0.429 e. The number of halogens is 2. The van der Waals surface area contributed by atoms with Crippen LogP contribution in [0.1, 0.15) is 5.56 Å². The van der Waals surface area contributed by atoms with Crippen LogP contribution < -0.4 is 0 Å². The zero-order valence-electron chi connectivity index (χ0n) is 8.20. The van der Waals surface area contributed by atoms with Crippen molar-refractivity contribution in [3.63, 3.8) is 0 Å². The summed E-state index contributed by atoms with van der Waals surface area (Å²) >= 11 is 0. The van der Waals surface area contributed by atoms with Crippen molar-refractivity contribution < 1.29 is 23.0 Å². The normalized spacial score (nSPS) is 23.8. The van der Waals surface area contributed by atoms with Crippen LogP contribution in [0.4, 0.5) is 13.6 Å².